The molecule has 0 fully saturated rings. The largest absolute Gasteiger partial charge is 0.253 e. The van der Waals surface area contributed by atoms with E-state index < -0.39 is 0 Å². The summed E-state index contributed by atoms with van der Waals surface area (Å²) >= 11 is 3.20. The van der Waals surface area contributed by atoms with E-state index in [0.717, 1.165) is 43.7 Å². The Balaban J connectivity index is 1.26. The van der Waals surface area contributed by atoms with Gasteiger partial charge in [-0.2, -0.15) is 0 Å². The first-order chi connectivity index (χ1) is 23.8. The van der Waals surface area contributed by atoms with Crippen LogP contribution in [-0.2, 0) is 0 Å². The van der Waals surface area contributed by atoms with Gasteiger partial charge in [-0.25, -0.2) is 9.97 Å². The Morgan fingerprint density at radius 3 is 1.33 bits per heavy atom. The van der Waals surface area contributed by atoms with Crippen LogP contribution in [0, 0.1) is 0 Å². The van der Waals surface area contributed by atoms with Crippen LogP contribution in [0.2, 0.25) is 0 Å². The lowest BCUT2D eigenvalue weighted by atomic mass is 9.85. The average Bonchev–Trinajstić information content (AvgIpc) is 3.91. The normalized spacial score (nSPS) is 11.3. The zero-order valence-electron chi connectivity index (χ0n) is 25.6. The number of nitrogens with zero attached hydrogens (tertiary/aromatic N) is 4. The number of hydrogen-bond donors (Lipinski definition) is 0. The second-order valence-electron chi connectivity index (χ2n) is 11.5. The molecular weight excluding hydrogens is 625 g/mol. The minimum absolute atomic E-state index is 0.879. The Labute approximate surface area is 285 Å². The van der Waals surface area contributed by atoms with Crippen LogP contribution in [0.4, 0.5) is 0 Å². The Kier molecular flexibility index (Phi) is 7.15. The maximum Gasteiger partial charge on any atom is 0.141 e. The molecule has 9 aromatic rings. The lowest BCUT2D eigenvalue weighted by molar-refractivity contribution is 1.29. The van der Waals surface area contributed by atoms with Gasteiger partial charge in [0.1, 0.15) is 10.0 Å². The van der Waals surface area contributed by atoms with Gasteiger partial charge in [0.25, 0.3) is 0 Å². The maximum absolute atomic E-state index is 4.88. The highest BCUT2D eigenvalue weighted by Crippen LogP contribution is 2.45. The first kappa shape index (κ1) is 28.4. The number of fused-ring (bicyclic) bond motifs is 2. The molecule has 0 aliphatic heterocycles. The summed E-state index contributed by atoms with van der Waals surface area (Å²) in [5, 5.41) is 10.5. The molecule has 0 aliphatic rings. The predicted octanol–water partition coefficient (Wildman–Crippen LogP) is 11.7. The topological polar surface area (TPSA) is 51.6 Å². The molecule has 0 unspecified atom stereocenters. The Morgan fingerprint density at radius 2 is 0.812 bits per heavy atom. The molecule has 0 radical (unpaired) electrons. The molecule has 0 amide bonds. The zero-order chi connectivity index (χ0) is 31.9. The molecule has 0 bridgehead atoms. The summed E-state index contributed by atoms with van der Waals surface area (Å²) < 4.78 is 0. The van der Waals surface area contributed by atoms with Crippen molar-refractivity contribution in [2.24, 2.45) is 0 Å². The molecule has 6 heteroatoms. The van der Waals surface area contributed by atoms with E-state index in [1.165, 1.54) is 43.8 Å². The minimum atomic E-state index is 0.879. The molecule has 9 rings (SSSR count). The molecule has 0 aliphatic carbocycles. The van der Waals surface area contributed by atoms with E-state index >= 15 is 0 Å². The molecule has 5 aromatic carbocycles. The number of thiazole rings is 2. The summed E-state index contributed by atoms with van der Waals surface area (Å²) in [5.41, 5.74) is 11.0. The third kappa shape index (κ3) is 5.08. The molecule has 0 saturated heterocycles. The number of rotatable bonds is 6. The summed E-state index contributed by atoms with van der Waals surface area (Å²) in [4.78, 5) is 18.7. The van der Waals surface area contributed by atoms with Crippen LogP contribution in [0.5, 0.6) is 0 Å². The van der Waals surface area contributed by atoms with E-state index in [2.05, 4.69) is 131 Å². The van der Waals surface area contributed by atoms with E-state index in [1.807, 2.05) is 35.5 Å². The monoisotopic (exact) mass is 650 g/mol. The molecule has 4 heterocycles. The molecule has 0 atom stereocenters. The maximum atomic E-state index is 4.88. The van der Waals surface area contributed by atoms with E-state index in [9.17, 15) is 0 Å². The van der Waals surface area contributed by atoms with Crippen molar-refractivity contribution in [1.82, 2.24) is 19.9 Å². The summed E-state index contributed by atoms with van der Waals surface area (Å²) in [5.74, 6) is 0. The van der Waals surface area contributed by atoms with Crippen molar-refractivity contribution in [1.29, 1.82) is 0 Å². The van der Waals surface area contributed by atoms with Crippen molar-refractivity contribution in [3.8, 4) is 65.9 Å². The standard InChI is InChI=1S/C42H26N4S2/c1-2-6-27(7-3-1)28-10-12-29(13-11-28)30-14-17-35-36(24-30)40(32-16-19-38(46-26-32)42-44-21-23-48-42)34-9-5-4-8-33(34)39(35)31-15-18-37(45-25-31)41-43-20-22-47-41/h1-26H. The molecule has 0 spiro atoms. The van der Waals surface area contributed by atoms with Gasteiger partial charge in [-0.05, 0) is 73.1 Å². The molecule has 4 aromatic heterocycles. The van der Waals surface area contributed by atoms with Crippen molar-refractivity contribution in [2.45, 2.75) is 0 Å². The number of pyridine rings is 2. The molecule has 226 valence electrons. The second-order valence-corrected chi connectivity index (χ2v) is 13.3. The predicted molar refractivity (Wildman–Crippen MR) is 201 cm³/mol. The highest BCUT2D eigenvalue weighted by Gasteiger charge is 2.19. The summed E-state index contributed by atoms with van der Waals surface area (Å²) in [6, 6.07) is 43.4. The Hall–Kier alpha value is -5.82. The van der Waals surface area contributed by atoms with E-state index in [-0.39, 0.29) is 0 Å². The number of aromatic nitrogens is 4. The lowest BCUT2D eigenvalue weighted by Crippen LogP contribution is -1.93. The van der Waals surface area contributed by atoms with Gasteiger partial charge in [0.05, 0.1) is 11.4 Å². The first-order valence-corrected chi connectivity index (χ1v) is 17.4. The Morgan fingerprint density at radius 1 is 0.354 bits per heavy atom. The van der Waals surface area contributed by atoms with E-state index in [4.69, 9.17) is 9.97 Å². The van der Waals surface area contributed by atoms with Crippen molar-refractivity contribution in [3.05, 3.63) is 157 Å². The van der Waals surface area contributed by atoms with Crippen LogP contribution in [0.15, 0.2) is 157 Å². The quantitative estimate of drug-likeness (QED) is 0.168. The average molecular weight is 651 g/mol. The van der Waals surface area contributed by atoms with Gasteiger partial charge in [0.15, 0.2) is 0 Å². The zero-order valence-corrected chi connectivity index (χ0v) is 27.2. The molecule has 48 heavy (non-hydrogen) atoms. The highest BCUT2D eigenvalue weighted by atomic mass is 32.1. The van der Waals surface area contributed by atoms with Crippen LogP contribution >= 0.6 is 22.7 Å². The van der Waals surface area contributed by atoms with Gasteiger partial charge < -0.3 is 0 Å². The molecule has 0 saturated carbocycles. The number of hydrogen-bond acceptors (Lipinski definition) is 6. The van der Waals surface area contributed by atoms with Gasteiger partial charge in [-0.1, -0.05) is 103 Å². The fourth-order valence-electron chi connectivity index (χ4n) is 6.50. The van der Waals surface area contributed by atoms with Crippen LogP contribution in [-0.4, -0.2) is 19.9 Å². The van der Waals surface area contributed by atoms with Gasteiger partial charge >= 0.3 is 0 Å². The van der Waals surface area contributed by atoms with E-state index in [0.29, 0.717) is 0 Å². The SMILES string of the molecule is c1ccc(-c2ccc(-c3ccc4c(-c5ccc(-c6nccs6)nc5)c5ccccc5c(-c5ccc(-c6nccs6)nc5)c4c3)cc2)cc1. The van der Waals surface area contributed by atoms with Crippen molar-refractivity contribution < 1.29 is 0 Å². The fraction of sp³-hybridized carbons (Fsp3) is 0. The molecule has 0 N–H and O–H groups in total. The van der Waals surface area contributed by atoms with E-state index in [1.54, 1.807) is 22.7 Å². The van der Waals surface area contributed by atoms with Crippen molar-refractivity contribution in [3.63, 3.8) is 0 Å². The van der Waals surface area contributed by atoms with Crippen LogP contribution in [0.3, 0.4) is 0 Å². The Bertz CT molecular complexity index is 2510. The van der Waals surface area contributed by atoms with Crippen LogP contribution in [0.25, 0.3) is 87.5 Å². The van der Waals surface area contributed by atoms with Gasteiger partial charge in [0.2, 0.25) is 0 Å². The lowest BCUT2D eigenvalue weighted by Gasteiger charge is -2.18. The molecular formula is C42H26N4S2. The third-order valence-electron chi connectivity index (χ3n) is 8.76. The third-order valence-corrected chi connectivity index (χ3v) is 10.3. The summed E-state index contributed by atoms with van der Waals surface area (Å²) in [7, 11) is 0. The van der Waals surface area contributed by atoms with Crippen molar-refractivity contribution in [2.75, 3.05) is 0 Å². The number of benzene rings is 5. The summed E-state index contributed by atoms with van der Waals surface area (Å²) in [6.45, 7) is 0. The second kappa shape index (κ2) is 12.1. The molecule has 4 nitrogen and oxygen atoms in total. The fourth-order valence-corrected chi connectivity index (χ4v) is 7.73. The van der Waals surface area contributed by atoms with Crippen LogP contribution in [0.1, 0.15) is 0 Å². The van der Waals surface area contributed by atoms with Gasteiger partial charge in [-0.15, -0.1) is 22.7 Å². The smallest absolute Gasteiger partial charge is 0.141 e. The van der Waals surface area contributed by atoms with Gasteiger partial charge in [0, 0.05) is 46.7 Å². The summed E-state index contributed by atoms with van der Waals surface area (Å²) in [6.07, 6.45) is 7.61. The van der Waals surface area contributed by atoms with Crippen molar-refractivity contribution >= 4 is 44.2 Å². The minimum Gasteiger partial charge on any atom is -0.253 e. The van der Waals surface area contributed by atoms with Gasteiger partial charge in [-0.3, -0.25) is 9.97 Å². The highest BCUT2D eigenvalue weighted by molar-refractivity contribution is 7.13. The first-order valence-electron chi connectivity index (χ1n) is 15.7. The van der Waals surface area contributed by atoms with Crippen LogP contribution < -0.4 is 0 Å².